The van der Waals surface area contributed by atoms with Gasteiger partial charge in [0.05, 0.1) is 24.0 Å². The van der Waals surface area contributed by atoms with E-state index in [1.165, 1.54) is 54.7 Å². The Kier molecular flexibility index (Phi) is 6.60. The first-order valence-electron chi connectivity index (χ1n) is 12.5. The lowest BCUT2D eigenvalue weighted by molar-refractivity contribution is 0.0941. The second-order valence-corrected chi connectivity index (χ2v) is 9.33. The predicted octanol–water partition coefficient (Wildman–Crippen LogP) is 5.24. The maximum atomic E-state index is 15.6. The molecule has 0 radical (unpaired) electrons. The van der Waals surface area contributed by atoms with Crippen molar-refractivity contribution in [2.24, 2.45) is 7.05 Å². The number of carbonyl (C=O) groups is 1. The van der Waals surface area contributed by atoms with Gasteiger partial charge in [-0.25, -0.2) is 8.78 Å². The second kappa shape index (κ2) is 10.5. The highest BCUT2D eigenvalue weighted by molar-refractivity contribution is 5.94. The quantitative estimate of drug-likeness (QED) is 0.250. The van der Waals surface area contributed by atoms with Crippen LogP contribution in [0.25, 0.3) is 22.0 Å². The van der Waals surface area contributed by atoms with Gasteiger partial charge in [-0.15, -0.1) is 0 Å². The van der Waals surface area contributed by atoms with Crippen LogP contribution in [0.1, 0.15) is 27.5 Å². The summed E-state index contributed by atoms with van der Waals surface area (Å²) >= 11 is 0. The summed E-state index contributed by atoms with van der Waals surface area (Å²) in [7, 11) is 1.82. The van der Waals surface area contributed by atoms with Crippen molar-refractivity contribution in [1.29, 1.82) is 0 Å². The standard InChI is InChI=1S/C30H22F2N6O3/c1-38-25-13-23(20-14-34-35-15-20)27(12-19(25)16-36-38)41-26-9-6-18(11-24(26)32)28(17-4-7-21(31)8-5-17)37-30(40)22-3-2-10-33-29(22)39/h2-16,28H,1H3,(H,33,39)(H,34,35)(H,37,40). The summed E-state index contributed by atoms with van der Waals surface area (Å²) in [5, 5.41) is 14.6. The topological polar surface area (TPSA) is 118 Å². The smallest absolute Gasteiger partial charge is 0.260 e. The maximum Gasteiger partial charge on any atom is 0.260 e. The first kappa shape index (κ1) is 25.7. The number of benzene rings is 3. The van der Waals surface area contributed by atoms with Crippen molar-refractivity contribution in [3.8, 4) is 22.6 Å². The van der Waals surface area contributed by atoms with E-state index in [4.69, 9.17) is 4.74 Å². The minimum atomic E-state index is -0.889. The Labute approximate surface area is 231 Å². The van der Waals surface area contributed by atoms with Gasteiger partial charge in [-0.05, 0) is 59.7 Å². The van der Waals surface area contributed by atoms with E-state index in [2.05, 4.69) is 25.6 Å². The van der Waals surface area contributed by atoms with Crippen LogP contribution in [0.15, 0.2) is 96.3 Å². The van der Waals surface area contributed by atoms with Crippen molar-refractivity contribution in [3.63, 3.8) is 0 Å². The molecule has 0 saturated carbocycles. The Morgan fingerprint density at radius 1 is 1.00 bits per heavy atom. The lowest BCUT2D eigenvalue weighted by Gasteiger charge is -2.21. The van der Waals surface area contributed by atoms with Crippen molar-refractivity contribution >= 4 is 16.8 Å². The highest BCUT2D eigenvalue weighted by Gasteiger charge is 2.22. The van der Waals surface area contributed by atoms with Crippen molar-refractivity contribution in [2.75, 3.05) is 0 Å². The summed E-state index contributed by atoms with van der Waals surface area (Å²) in [5.74, 6) is -1.48. The van der Waals surface area contributed by atoms with Gasteiger partial charge in [-0.3, -0.25) is 19.4 Å². The predicted molar refractivity (Wildman–Crippen MR) is 148 cm³/mol. The third-order valence-corrected chi connectivity index (χ3v) is 6.71. The minimum Gasteiger partial charge on any atom is -0.454 e. The fourth-order valence-electron chi connectivity index (χ4n) is 4.61. The van der Waals surface area contributed by atoms with Crippen LogP contribution in [-0.2, 0) is 7.05 Å². The van der Waals surface area contributed by atoms with Crippen LogP contribution >= 0.6 is 0 Å². The lowest BCUT2D eigenvalue weighted by atomic mass is 9.97. The number of rotatable bonds is 7. The number of hydrogen-bond acceptors (Lipinski definition) is 5. The SMILES string of the molecule is Cn1ncc2cc(Oc3ccc(C(NC(=O)c4ccc[nH]c4=O)c4ccc(F)cc4)cc3F)c(-c3cn[nH]c3)cc21. The minimum absolute atomic E-state index is 0.0505. The first-order chi connectivity index (χ1) is 19.9. The number of fused-ring (bicyclic) bond motifs is 1. The fraction of sp³-hybridized carbons (Fsp3) is 0.0667. The van der Waals surface area contributed by atoms with Crippen LogP contribution in [0.3, 0.4) is 0 Å². The van der Waals surface area contributed by atoms with Crippen LogP contribution in [0.5, 0.6) is 11.5 Å². The number of amides is 1. The molecule has 1 unspecified atom stereocenters. The Hall–Kier alpha value is -5.58. The number of pyridine rings is 1. The molecule has 11 heteroatoms. The normalized spacial score (nSPS) is 11.9. The van der Waals surface area contributed by atoms with Gasteiger partial charge in [0.1, 0.15) is 17.1 Å². The lowest BCUT2D eigenvalue weighted by Crippen LogP contribution is -2.33. The zero-order valence-electron chi connectivity index (χ0n) is 21.6. The monoisotopic (exact) mass is 552 g/mol. The molecule has 1 atom stereocenters. The van der Waals surface area contributed by atoms with Gasteiger partial charge in [0.15, 0.2) is 11.6 Å². The van der Waals surface area contributed by atoms with Crippen LogP contribution in [0.4, 0.5) is 8.78 Å². The van der Waals surface area contributed by atoms with Gasteiger partial charge in [0, 0.05) is 36.0 Å². The molecule has 41 heavy (non-hydrogen) atoms. The molecular weight excluding hydrogens is 530 g/mol. The number of aryl methyl sites for hydroxylation is 1. The zero-order valence-corrected chi connectivity index (χ0v) is 21.6. The molecule has 3 aromatic heterocycles. The van der Waals surface area contributed by atoms with E-state index >= 15 is 4.39 Å². The molecule has 3 N–H and O–H groups in total. The van der Waals surface area contributed by atoms with Gasteiger partial charge in [0.25, 0.3) is 11.5 Å². The van der Waals surface area contributed by atoms with E-state index in [1.54, 1.807) is 35.4 Å². The summed E-state index contributed by atoms with van der Waals surface area (Å²) in [6, 6.07) is 15.4. The molecule has 0 saturated heterocycles. The van der Waals surface area contributed by atoms with Crippen molar-refractivity contribution in [2.45, 2.75) is 6.04 Å². The van der Waals surface area contributed by atoms with E-state index in [1.807, 2.05) is 13.1 Å². The number of carbonyl (C=O) groups excluding carboxylic acids is 1. The van der Waals surface area contributed by atoms with E-state index in [0.717, 1.165) is 16.5 Å². The molecule has 6 aromatic rings. The molecule has 0 aliphatic heterocycles. The summed E-state index contributed by atoms with van der Waals surface area (Å²) in [6.07, 6.45) is 6.44. The third kappa shape index (κ3) is 5.08. The van der Waals surface area contributed by atoms with Crippen molar-refractivity contribution in [3.05, 3.63) is 130 Å². The first-order valence-corrected chi connectivity index (χ1v) is 12.5. The van der Waals surface area contributed by atoms with E-state index in [9.17, 15) is 14.0 Å². The average molecular weight is 553 g/mol. The fourth-order valence-corrected chi connectivity index (χ4v) is 4.61. The molecule has 1 amide bonds. The van der Waals surface area contributed by atoms with Gasteiger partial charge < -0.3 is 15.0 Å². The van der Waals surface area contributed by atoms with Gasteiger partial charge in [-0.1, -0.05) is 18.2 Å². The number of aromatic amines is 2. The maximum absolute atomic E-state index is 15.6. The number of nitrogens with one attached hydrogen (secondary N) is 3. The summed E-state index contributed by atoms with van der Waals surface area (Å²) in [5.41, 5.74) is 2.45. The van der Waals surface area contributed by atoms with Crippen molar-refractivity contribution < 1.29 is 18.3 Å². The third-order valence-electron chi connectivity index (χ3n) is 6.71. The Bertz CT molecular complexity index is 1930. The van der Waals surface area contributed by atoms with E-state index < -0.39 is 29.1 Å². The van der Waals surface area contributed by atoms with Crippen LogP contribution < -0.4 is 15.6 Å². The number of aromatic nitrogens is 5. The molecule has 9 nitrogen and oxygen atoms in total. The van der Waals surface area contributed by atoms with Crippen LogP contribution in [0, 0.1) is 11.6 Å². The summed E-state index contributed by atoms with van der Waals surface area (Å²) in [4.78, 5) is 27.6. The van der Waals surface area contributed by atoms with E-state index in [0.29, 0.717) is 22.4 Å². The molecule has 0 spiro atoms. The van der Waals surface area contributed by atoms with Gasteiger partial charge >= 0.3 is 0 Å². The number of H-pyrrole nitrogens is 2. The second-order valence-electron chi connectivity index (χ2n) is 9.33. The van der Waals surface area contributed by atoms with Crippen molar-refractivity contribution in [1.82, 2.24) is 30.3 Å². The molecule has 204 valence electrons. The molecular formula is C30H22F2N6O3. The highest BCUT2D eigenvalue weighted by Crippen LogP contribution is 2.38. The molecule has 0 fully saturated rings. The largest absolute Gasteiger partial charge is 0.454 e. The summed E-state index contributed by atoms with van der Waals surface area (Å²) < 4.78 is 37.1. The summed E-state index contributed by atoms with van der Waals surface area (Å²) in [6.45, 7) is 0. The number of ether oxygens (including phenoxy) is 1. The Balaban J connectivity index is 1.36. The van der Waals surface area contributed by atoms with Gasteiger partial charge in [0.2, 0.25) is 0 Å². The molecule has 6 rings (SSSR count). The molecule has 3 aromatic carbocycles. The molecule has 3 heterocycles. The molecule has 0 bridgehead atoms. The average Bonchev–Trinajstić information content (AvgIpc) is 3.63. The number of nitrogens with zero attached hydrogens (tertiary/aromatic N) is 3. The number of halogens is 2. The van der Waals surface area contributed by atoms with Crippen LogP contribution in [-0.4, -0.2) is 30.9 Å². The zero-order chi connectivity index (χ0) is 28.5. The number of hydrogen-bond donors (Lipinski definition) is 3. The molecule has 0 aliphatic carbocycles. The van der Waals surface area contributed by atoms with Gasteiger partial charge in [-0.2, -0.15) is 10.2 Å². The highest BCUT2D eigenvalue weighted by atomic mass is 19.1. The molecule has 0 aliphatic rings. The Morgan fingerprint density at radius 2 is 1.80 bits per heavy atom. The van der Waals surface area contributed by atoms with Crippen LogP contribution in [0.2, 0.25) is 0 Å². The van der Waals surface area contributed by atoms with E-state index in [-0.39, 0.29) is 11.3 Å². The Morgan fingerprint density at radius 3 is 2.54 bits per heavy atom.